The Labute approximate surface area is 156 Å². The molecule has 1 heterocycles. The highest BCUT2D eigenvalue weighted by Crippen LogP contribution is 2.29. The molecule has 0 unspecified atom stereocenters. The molecular formula is C17H24O10. The highest BCUT2D eigenvalue weighted by molar-refractivity contribution is 5.68. The summed E-state index contributed by atoms with van der Waals surface area (Å²) in [4.78, 5) is 45.8. The van der Waals surface area contributed by atoms with Gasteiger partial charge < -0.3 is 28.4 Å². The van der Waals surface area contributed by atoms with Gasteiger partial charge in [0.15, 0.2) is 24.6 Å². The van der Waals surface area contributed by atoms with Gasteiger partial charge in [0.05, 0.1) is 6.61 Å². The summed E-state index contributed by atoms with van der Waals surface area (Å²) in [6.45, 7) is 7.90. The van der Waals surface area contributed by atoms with Crippen molar-refractivity contribution in [3.8, 4) is 0 Å². The molecule has 0 bridgehead atoms. The van der Waals surface area contributed by atoms with Crippen LogP contribution in [0.15, 0.2) is 12.7 Å². The average Bonchev–Trinajstić information content (AvgIpc) is 2.54. The number of rotatable bonds is 8. The number of ether oxygens (including phenoxy) is 6. The van der Waals surface area contributed by atoms with Crippen LogP contribution in [0.3, 0.4) is 0 Å². The maximum absolute atomic E-state index is 11.6. The average molecular weight is 388 g/mol. The second-order valence-corrected chi connectivity index (χ2v) is 5.69. The van der Waals surface area contributed by atoms with E-state index in [0.717, 1.165) is 20.8 Å². The van der Waals surface area contributed by atoms with E-state index >= 15 is 0 Å². The van der Waals surface area contributed by atoms with E-state index in [1.165, 1.54) is 13.0 Å². The summed E-state index contributed by atoms with van der Waals surface area (Å²) >= 11 is 0. The fourth-order valence-electron chi connectivity index (χ4n) is 2.49. The molecule has 0 amide bonds. The predicted molar refractivity (Wildman–Crippen MR) is 88.1 cm³/mol. The largest absolute Gasteiger partial charge is 0.463 e. The van der Waals surface area contributed by atoms with Crippen LogP contribution >= 0.6 is 0 Å². The summed E-state index contributed by atoms with van der Waals surface area (Å²) in [5.41, 5.74) is 0. The first kappa shape index (κ1) is 22.6. The van der Waals surface area contributed by atoms with Crippen molar-refractivity contribution in [2.45, 2.75) is 58.4 Å². The summed E-state index contributed by atoms with van der Waals surface area (Å²) in [7, 11) is 0. The summed E-state index contributed by atoms with van der Waals surface area (Å²) in [5.74, 6) is -2.67. The van der Waals surface area contributed by atoms with Gasteiger partial charge in [-0.25, -0.2) is 0 Å². The van der Waals surface area contributed by atoms with E-state index in [0.29, 0.717) is 0 Å². The molecule has 1 saturated heterocycles. The third kappa shape index (κ3) is 7.35. The smallest absolute Gasteiger partial charge is 0.303 e. The quantitative estimate of drug-likeness (QED) is 0.325. The third-order valence-corrected chi connectivity index (χ3v) is 3.33. The standard InChI is InChI=1S/C17H24O10/c1-6-7-22-17-16(26-12(5)21)15(25-11(4)20)14(24-10(3)19)13(27-17)8-23-9(2)18/h6,13-17H,1,7-8H2,2-5H3/t13-,14+,15+,16+,17+/m1/s1. The molecule has 152 valence electrons. The van der Waals surface area contributed by atoms with Crippen LogP contribution in [0.1, 0.15) is 27.7 Å². The number of hydrogen-bond acceptors (Lipinski definition) is 10. The first-order valence-corrected chi connectivity index (χ1v) is 8.18. The summed E-state index contributed by atoms with van der Waals surface area (Å²) in [6.07, 6.45) is -4.41. The third-order valence-electron chi connectivity index (χ3n) is 3.33. The fraction of sp³-hybridized carbons (Fsp3) is 0.647. The minimum atomic E-state index is -1.24. The maximum atomic E-state index is 11.6. The monoisotopic (exact) mass is 388 g/mol. The van der Waals surface area contributed by atoms with Crippen LogP contribution in [0.4, 0.5) is 0 Å². The summed E-state index contributed by atoms with van der Waals surface area (Å²) < 4.78 is 31.7. The minimum absolute atomic E-state index is 0.0355. The Balaban J connectivity index is 3.24. The lowest BCUT2D eigenvalue weighted by Crippen LogP contribution is -2.62. The van der Waals surface area contributed by atoms with Crippen molar-refractivity contribution in [3.05, 3.63) is 12.7 Å². The zero-order valence-corrected chi connectivity index (χ0v) is 15.7. The molecule has 0 N–H and O–H groups in total. The Morgan fingerprint density at radius 3 is 1.85 bits per heavy atom. The second-order valence-electron chi connectivity index (χ2n) is 5.69. The van der Waals surface area contributed by atoms with Gasteiger partial charge in [-0.15, -0.1) is 6.58 Å². The van der Waals surface area contributed by atoms with Crippen LogP contribution in [0.5, 0.6) is 0 Å². The Morgan fingerprint density at radius 1 is 0.852 bits per heavy atom. The van der Waals surface area contributed by atoms with E-state index in [-0.39, 0.29) is 13.2 Å². The molecule has 1 aliphatic rings. The molecule has 0 spiro atoms. The molecular weight excluding hydrogens is 364 g/mol. The topological polar surface area (TPSA) is 124 Å². The van der Waals surface area contributed by atoms with Gasteiger partial charge in [0.2, 0.25) is 0 Å². The van der Waals surface area contributed by atoms with Crippen LogP contribution in [0.25, 0.3) is 0 Å². The second kappa shape index (κ2) is 10.6. The van der Waals surface area contributed by atoms with Gasteiger partial charge in [-0.1, -0.05) is 6.08 Å². The van der Waals surface area contributed by atoms with Crippen molar-refractivity contribution in [2.75, 3.05) is 13.2 Å². The number of carbonyl (C=O) groups excluding carboxylic acids is 4. The lowest BCUT2D eigenvalue weighted by atomic mass is 9.98. The molecule has 1 aliphatic heterocycles. The van der Waals surface area contributed by atoms with Gasteiger partial charge in [-0.3, -0.25) is 19.2 Å². The van der Waals surface area contributed by atoms with E-state index in [1.54, 1.807) is 0 Å². The van der Waals surface area contributed by atoms with Crippen LogP contribution in [-0.2, 0) is 47.6 Å². The minimum Gasteiger partial charge on any atom is -0.463 e. The van der Waals surface area contributed by atoms with Crippen LogP contribution in [0.2, 0.25) is 0 Å². The Bertz CT molecular complexity index is 572. The van der Waals surface area contributed by atoms with E-state index < -0.39 is 54.6 Å². The summed E-state index contributed by atoms with van der Waals surface area (Å²) in [6, 6.07) is 0. The Hall–Kier alpha value is -2.46. The molecule has 0 radical (unpaired) electrons. The van der Waals surface area contributed by atoms with E-state index in [2.05, 4.69) is 6.58 Å². The molecule has 10 heteroatoms. The summed E-state index contributed by atoms with van der Waals surface area (Å²) in [5, 5.41) is 0. The van der Waals surface area contributed by atoms with Crippen molar-refractivity contribution < 1.29 is 47.6 Å². The van der Waals surface area contributed by atoms with Crippen molar-refractivity contribution in [2.24, 2.45) is 0 Å². The van der Waals surface area contributed by atoms with Crippen molar-refractivity contribution in [1.82, 2.24) is 0 Å². The van der Waals surface area contributed by atoms with Crippen LogP contribution in [0, 0.1) is 0 Å². The molecule has 1 fully saturated rings. The molecule has 0 aliphatic carbocycles. The Morgan fingerprint density at radius 2 is 1.37 bits per heavy atom. The lowest BCUT2D eigenvalue weighted by Gasteiger charge is -2.43. The highest BCUT2D eigenvalue weighted by atomic mass is 16.7. The first-order valence-electron chi connectivity index (χ1n) is 8.18. The highest BCUT2D eigenvalue weighted by Gasteiger charge is 2.52. The molecule has 27 heavy (non-hydrogen) atoms. The molecule has 1 rings (SSSR count). The predicted octanol–water partition coefficient (Wildman–Crippen LogP) is 0.272. The number of hydrogen-bond donors (Lipinski definition) is 0. The van der Waals surface area contributed by atoms with Crippen LogP contribution in [-0.4, -0.2) is 67.8 Å². The number of esters is 4. The van der Waals surface area contributed by atoms with Crippen molar-refractivity contribution in [1.29, 1.82) is 0 Å². The molecule has 0 aromatic carbocycles. The van der Waals surface area contributed by atoms with Gasteiger partial charge in [0.25, 0.3) is 0 Å². The van der Waals surface area contributed by atoms with E-state index in [9.17, 15) is 19.2 Å². The normalized spacial score (nSPS) is 27.2. The lowest BCUT2D eigenvalue weighted by molar-refractivity contribution is -0.305. The molecule has 0 saturated carbocycles. The van der Waals surface area contributed by atoms with Gasteiger partial charge >= 0.3 is 23.9 Å². The SMILES string of the molecule is C=CCO[C@H]1O[C@H](COC(C)=O)[C@H](OC(C)=O)[C@H](OC(C)=O)[C@@H]1OC(C)=O. The maximum Gasteiger partial charge on any atom is 0.303 e. The van der Waals surface area contributed by atoms with Gasteiger partial charge in [-0.2, -0.15) is 0 Å². The molecule has 5 atom stereocenters. The van der Waals surface area contributed by atoms with Gasteiger partial charge in [-0.05, 0) is 0 Å². The zero-order valence-electron chi connectivity index (χ0n) is 15.7. The Kier molecular flexibility index (Phi) is 8.89. The van der Waals surface area contributed by atoms with Crippen LogP contribution < -0.4 is 0 Å². The molecule has 0 aromatic rings. The van der Waals surface area contributed by atoms with Crippen molar-refractivity contribution >= 4 is 23.9 Å². The first-order chi connectivity index (χ1) is 12.6. The molecule has 10 nitrogen and oxygen atoms in total. The fourth-order valence-corrected chi connectivity index (χ4v) is 2.49. The van der Waals surface area contributed by atoms with E-state index in [4.69, 9.17) is 28.4 Å². The number of carbonyl (C=O) groups is 4. The van der Waals surface area contributed by atoms with Crippen molar-refractivity contribution in [3.63, 3.8) is 0 Å². The van der Waals surface area contributed by atoms with Gasteiger partial charge in [0, 0.05) is 27.7 Å². The molecule has 0 aromatic heterocycles. The van der Waals surface area contributed by atoms with Gasteiger partial charge in [0.1, 0.15) is 12.7 Å². The zero-order chi connectivity index (χ0) is 20.6. The van der Waals surface area contributed by atoms with E-state index in [1.807, 2.05) is 0 Å².